The van der Waals surface area contributed by atoms with Crippen LogP contribution in [0.3, 0.4) is 0 Å². The summed E-state index contributed by atoms with van der Waals surface area (Å²) in [7, 11) is 1.42. The van der Waals surface area contributed by atoms with Crippen LogP contribution in [0.2, 0.25) is 5.15 Å². The van der Waals surface area contributed by atoms with Crippen LogP contribution in [0.25, 0.3) is 5.69 Å². The number of benzene rings is 2. The molecule has 5 rings (SSSR count). The van der Waals surface area contributed by atoms with Gasteiger partial charge in [0.15, 0.2) is 0 Å². The number of alkyl halides is 6. The van der Waals surface area contributed by atoms with E-state index in [4.69, 9.17) is 21.2 Å². The number of nitrogens with one attached hydrogen (secondary N) is 1. The molecule has 0 radical (unpaired) electrons. The Morgan fingerprint density at radius 2 is 1.84 bits per heavy atom. The van der Waals surface area contributed by atoms with E-state index < -0.39 is 36.3 Å². The lowest BCUT2D eigenvalue weighted by Crippen LogP contribution is -2.46. The van der Waals surface area contributed by atoms with Gasteiger partial charge in [-0.2, -0.15) is 23.2 Å². The van der Waals surface area contributed by atoms with Gasteiger partial charge in [-0.1, -0.05) is 30.2 Å². The molecule has 2 unspecified atom stereocenters. The number of methoxy groups -OCH3 is 1. The van der Waals surface area contributed by atoms with Crippen molar-refractivity contribution in [3.8, 4) is 17.2 Å². The van der Waals surface area contributed by atoms with E-state index in [2.05, 4.69) is 20.1 Å². The Balaban J connectivity index is 1.51. The summed E-state index contributed by atoms with van der Waals surface area (Å²) in [4.78, 5) is 25.3. The number of aromatic nitrogens is 2. The molecule has 1 N–H and O–H groups in total. The minimum absolute atomic E-state index is 0.216. The first-order valence-corrected chi connectivity index (χ1v) is 13.1. The third kappa shape index (κ3) is 6.91. The Hall–Kier alpha value is -4.18. The third-order valence-electron chi connectivity index (χ3n) is 6.72. The van der Waals surface area contributed by atoms with Crippen LogP contribution in [0.1, 0.15) is 30.7 Å². The highest BCUT2D eigenvalue weighted by Crippen LogP contribution is 2.38. The van der Waals surface area contributed by atoms with E-state index in [0.29, 0.717) is 42.8 Å². The van der Waals surface area contributed by atoms with E-state index in [1.165, 1.54) is 31.6 Å². The van der Waals surface area contributed by atoms with Gasteiger partial charge < -0.3 is 18.9 Å². The summed E-state index contributed by atoms with van der Waals surface area (Å²) >= 11 is 5.91. The van der Waals surface area contributed by atoms with Crippen molar-refractivity contribution in [3.63, 3.8) is 0 Å². The van der Waals surface area contributed by atoms with E-state index in [1.807, 2.05) is 0 Å². The Labute approximate surface area is 245 Å². The van der Waals surface area contributed by atoms with Crippen molar-refractivity contribution in [3.05, 3.63) is 65.7 Å². The Morgan fingerprint density at radius 1 is 1.09 bits per heavy atom. The molecule has 2 saturated heterocycles. The number of carbonyl (C=O) groups is 1. The van der Waals surface area contributed by atoms with Gasteiger partial charge in [0, 0.05) is 24.7 Å². The molecule has 0 amide bonds. The number of fused-ring (bicyclic) bond motifs is 1. The summed E-state index contributed by atoms with van der Waals surface area (Å²) in [5.74, 6) is -3.41. The monoisotopic (exact) mass is 632 g/mol. The highest BCUT2D eigenvalue weighted by molar-refractivity contribution is 6.29. The van der Waals surface area contributed by atoms with Gasteiger partial charge in [-0.15, -0.1) is 13.2 Å². The molecule has 3 heterocycles. The lowest BCUT2D eigenvalue weighted by atomic mass is 9.91. The first-order chi connectivity index (χ1) is 20.3. The molecule has 0 aliphatic carbocycles. The van der Waals surface area contributed by atoms with Crippen molar-refractivity contribution in [2.45, 2.75) is 43.9 Å². The molecule has 10 nitrogen and oxygen atoms in total. The van der Waals surface area contributed by atoms with Gasteiger partial charge in [0.2, 0.25) is 5.96 Å². The minimum atomic E-state index is -5.31. The van der Waals surface area contributed by atoms with Crippen LogP contribution in [0, 0.1) is 0 Å². The Morgan fingerprint density at radius 3 is 2.47 bits per heavy atom. The Bertz CT molecular complexity index is 1500. The van der Waals surface area contributed by atoms with Crippen molar-refractivity contribution in [1.82, 2.24) is 25.0 Å². The summed E-state index contributed by atoms with van der Waals surface area (Å²) in [5.41, 5.74) is 4.22. The molecule has 2 fully saturated rings. The predicted octanol–water partition coefficient (Wildman–Crippen LogP) is 5.86. The van der Waals surface area contributed by atoms with Gasteiger partial charge in [0.1, 0.15) is 29.1 Å². The number of rotatable bonds is 6. The van der Waals surface area contributed by atoms with Gasteiger partial charge in [-0.05, 0) is 42.7 Å². The summed E-state index contributed by atoms with van der Waals surface area (Å²) in [6.07, 6.45) is -6.52. The van der Waals surface area contributed by atoms with Crippen molar-refractivity contribution < 1.29 is 45.4 Å². The van der Waals surface area contributed by atoms with Crippen LogP contribution in [0.4, 0.5) is 32.0 Å². The number of guanidine groups is 1. The summed E-state index contributed by atoms with van der Waals surface area (Å²) < 4.78 is 89.0. The van der Waals surface area contributed by atoms with Crippen molar-refractivity contribution in [2.75, 3.05) is 13.7 Å². The molecule has 17 heteroatoms. The molecule has 0 spiro atoms. The van der Waals surface area contributed by atoms with Gasteiger partial charge in [-0.25, -0.2) is 14.8 Å². The van der Waals surface area contributed by atoms with E-state index >= 15 is 0 Å². The molecule has 0 saturated carbocycles. The fourth-order valence-corrected chi connectivity index (χ4v) is 5.08. The maximum absolute atomic E-state index is 13.4. The van der Waals surface area contributed by atoms with Crippen molar-refractivity contribution in [2.24, 2.45) is 4.99 Å². The number of hydrazine groups is 1. The number of carbonyl (C=O) groups excluding carboxylic acids is 1. The summed E-state index contributed by atoms with van der Waals surface area (Å²) in [6, 6.07) is 9.71. The second kappa shape index (κ2) is 11.8. The average molecular weight is 633 g/mol. The van der Waals surface area contributed by atoms with Crippen molar-refractivity contribution in [1.29, 1.82) is 0 Å². The lowest BCUT2D eigenvalue weighted by Gasteiger charge is -2.32. The molecule has 1 aromatic heterocycles. The number of imidazole rings is 1. The first-order valence-electron chi connectivity index (χ1n) is 12.8. The summed E-state index contributed by atoms with van der Waals surface area (Å²) in [5, 5.41) is 2.58. The number of aliphatic imine (C=N–C) groups is 1. The molecule has 2 aliphatic rings. The molecule has 2 aliphatic heterocycles. The highest BCUT2D eigenvalue weighted by atomic mass is 35.5. The first kappa shape index (κ1) is 30.3. The van der Waals surface area contributed by atoms with Gasteiger partial charge >= 0.3 is 18.5 Å². The van der Waals surface area contributed by atoms with Crippen LogP contribution in [0.15, 0.2) is 60.0 Å². The smallest absolute Gasteiger partial charge is 0.494 e. The zero-order chi connectivity index (χ0) is 30.9. The fourth-order valence-electron chi connectivity index (χ4n) is 4.93. The summed E-state index contributed by atoms with van der Waals surface area (Å²) in [6.45, 7) is 0.346. The van der Waals surface area contributed by atoms with Crippen LogP contribution in [0.5, 0.6) is 11.5 Å². The number of hydrogen-bond donors (Lipinski definition) is 1. The lowest BCUT2D eigenvalue weighted by molar-refractivity contribution is -0.274. The normalized spacial score (nSPS) is 20.4. The maximum Gasteiger partial charge on any atom is 0.573 e. The SMILES string of the molecule is COc1cc(N=C2NN3CCCCC(c4ccc(OC(F)(F)F)cc4)C3N2OC(=O)C(F)(F)F)ccc1-n1cnc(Cl)c1. The third-order valence-corrected chi connectivity index (χ3v) is 6.91. The molecule has 2 aromatic carbocycles. The largest absolute Gasteiger partial charge is 0.573 e. The molecule has 0 bridgehead atoms. The number of halogens is 7. The van der Waals surface area contributed by atoms with E-state index in [-0.39, 0.29) is 16.8 Å². The second-order valence-corrected chi connectivity index (χ2v) is 9.92. The molecule has 230 valence electrons. The molecular weight excluding hydrogens is 610 g/mol. The average Bonchev–Trinajstić information content (AvgIpc) is 3.44. The standard InChI is InChI=1S/C26H23ClF6N6O4/c1-41-20-12-16(7-10-19(20)37-13-21(27)34-14-37)35-24-36-38-11-3-2-4-18(22(38)39(24)43-23(40)25(28,29)30)15-5-8-17(9-6-15)42-26(31,32)33/h5-10,12-14,18,22H,2-4,11H2,1H3,(H,35,36). The minimum Gasteiger partial charge on any atom is -0.494 e. The zero-order valence-electron chi connectivity index (χ0n) is 22.2. The van der Waals surface area contributed by atoms with Crippen LogP contribution in [-0.4, -0.2) is 63.9 Å². The number of hydrogen-bond acceptors (Lipinski definition) is 7. The number of hydroxylamine groups is 2. The van der Waals surface area contributed by atoms with E-state index in [0.717, 1.165) is 17.2 Å². The van der Waals surface area contributed by atoms with E-state index in [1.54, 1.807) is 27.9 Å². The Kier molecular flexibility index (Phi) is 8.34. The molecule has 43 heavy (non-hydrogen) atoms. The van der Waals surface area contributed by atoms with Gasteiger partial charge in [-0.3, -0.25) is 5.43 Å². The van der Waals surface area contributed by atoms with Crippen molar-refractivity contribution >= 4 is 29.2 Å². The van der Waals surface area contributed by atoms with Crippen LogP contribution < -0.4 is 14.9 Å². The molecular formula is C26H23ClF6N6O4. The predicted molar refractivity (Wildman–Crippen MR) is 140 cm³/mol. The van der Waals surface area contributed by atoms with Gasteiger partial charge in [0.05, 0.1) is 18.5 Å². The fraction of sp³-hybridized carbons (Fsp3) is 0.346. The van der Waals surface area contributed by atoms with E-state index in [9.17, 15) is 31.1 Å². The quantitative estimate of drug-likeness (QED) is 0.338. The van der Waals surface area contributed by atoms with Crippen LogP contribution in [-0.2, 0) is 9.63 Å². The maximum atomic E-state index is 13.4. The number of ether oxygens (including phenoxy) is 2. The van der Waals surface area contributed by atoms with Gasteiger partial charge in [0.25, 0.3) is 0 Å². The van der Waals surface area contributed by atoms with Crippen LogP contribution >= 0.6 is 11.6 Å². The molecule has 3 aromatic rings. The number of nitrogens with zero attached hydrogens (tertiary/aromatic N) is 5. The topological polar surface area (TPSA) is 93.5 Å². The highest BCUT2D eigenvalue weighted by Gasteiger charge is 2.50. The second-order valence-electron chi connectivity index (χ2n) is 9.54. The zero-order valence-corrected chi connectivity index (χ0v) is 23.0. The molecule has 2 atom stereocenters.